The highest BCUT2D eigenvalue weighted by Crippen LogP contribution is 2.41. The lowest BCUT2D eigenvalue weighted by molar-refractivity contribution is -0.114. The number of carbonyl (C=O) groups is 2. The van der Waals surface area contributed by atoms with Crippen molar-refractivity contribution < 1.29 is 18.7 Å². The number of nitrogens with one attached hydrogen (secondary N) is 1. The molecule has 0 saturated heterocycles. The molecule has 0 fully saturated rings. The van der Waals surface area contributed by atoms with Crippen LogP contribution in [-0.4, -0.2) is 18.8 Å². The van der Waals surface area contributed by atoms with E-state index in [9.17, 15) is 9.59 Å². The molecule has 1 aromatic carbocycles. The summed E-state index contributed by atoms with van der Waals surface area (Å²) in [6.45, 7) is 2.75. The molecule has 1 amide bonds. The summed E-state index contributed by atoms with van der Waals surface area (Å²) in [6, 6.07) is 3.49. The van der Waals surface area contributed by atoms with E-state index in [0.717, 1.165) is 0 Å². The number of Topliss-reactive ketones (excluding diaryl/α,β-unsaturated/α-hetero) is 1. The van der Waals surface area contributed by atoms with E-state index < -0.39 is 0 Å². The molecule has 0 aliphatic carbocycles. The van der Waals surface area contributed by atoms with Gasteiger partial charge in [-0.1, -0.05) is 0 Å². The average molecular weight is 326 g/mol. The van der Waals surface area contributed by atoms with Crippen molar-refractivity contribution in [1.82, 2.24) is 0 Å². The Hall–Kier alpha value is -1.82. The lowest BCUT2D eigenvalue weighted by Gasteiger charge is -2.03. The standard InChI is InChI=1S/C13H12BrNO4/c1-6(16)12-11(15-7(2)17)10-8(14)4-5-9(18-3)13(10)19-12/h4-5H,1-3H3,(H,15,17). The van der Waals surface area contributed by atoms with Gasteiger partial charge in [0.15, 0.2) is 22.9 Å². The number of anilines is 1. The zero-order valence-corrected chi connectivity index (χ0v) is 12.3. The highest BCUT2D eigenvalue weighted by Gasteiger charge is 2.23. The highest BCUT2D eigenvalue weighted by molar-refractivity contribution is 9.10. The number of hydrogen-bond acceptors (Lipinski definition) is 4. The number of fused-ring (bicyclic) bond motifs is 1. The van der Waals surface area contributed by atoms with E-state index in [4.69, 9.17) is 9.15 Å². The van der Waals surface area contributed by atoms with Crippen molar-refractivity contribution in [3.8, 4) is 5.75 Å². The lowest BCUT2D eigenvalue weighted by Crippen LogP contribution is -2.08. The largest absolute Gasteiger partial charge is 0.493 e. The predicted molar refractivity (Wildman–Crippen MR) is 74.8 cm³/mol. The fraction of sp³-hybridized carbons (Fsp3) is 0.231. The molecule has 0 aliphatic rings. The van der Waals surface area contributed by atoms with Gasteiger partial charge in [0.1, 0.15) is 5.69 Å². The van der Waals surface area contributed by atoms with Gasteiger partial charge in [-0.3, -0.25) is 9.59 Å². The average Bonchev–Trinajstić information content (AvgIpc) is 2.69. The molecule has 0 unspecified atom stereocenters. The first kappa shape index (κ1) is 13.6. The maximum Gasteiger partial charge on any atom is 0.221 e. The SMILES string of the molecule is COc1ccc(Br)c2c(NC(C)=O)c(C(C)=O)oc12. The van der Waals surface area contributed by atoms with Crippen LogP contribution in [0.15, 0.2) is 21.0 Å². The maximum atomic E-state index is 11.6. The lowest BCUT2D eigenvalue weighted by atomic mass is 10.2. The molecule has 100 valence electrons. The Bertz CT molecular complexity index is 675. The Morgan fingerprint density at radius 1 is 1.32 bits per heavy atom. The molecular formula is C13H12BrNO4. The van der Waals surface area contributed by atoms with Crippen LogP contribution < -0.4 is 10.1 Å². The zero-order chi connectivity index (χ0) is 14.2. The van der Waals surface area contributed by atoms with Crippen molar-refractivity contribution >= 4 is 44.3 Å². The topological polar surface area (TPSA) is 68.5 Å². The molecule has 1 heterocycles. The molecular weight excluding hydrogens is 314 g/mol. The number of rotatable bonds is 3. The fourth-order valence-corrected chi connectivity index (χ4v) is 2.35. The Morgan fingerprint density at radius 2 is 2.00 bits per heavy atom. The molecule has 1 aromatic heterocycles. The van der Waals surface area contributed by atoms with Gasteiger partial charge in [-0.05, 0) is 28.1 Å². The minimum atomic E-state index is -0.278. The number of methoxy groups -OCH3 is 1. The highest BCUT2D eigenvalue weighted by atomic mass is 79.9. The number of ether oxygens (including phenoxy) is 1. The molecule has 0 radical (unpaired) electrons. The van der Waals surface area contributed by atoms with E-state index in [1.165, 1.54) is 21.0 Å². The maximum absolute atomic E-state index is 11.6. The Labute approximate surface area is 118 Å². The second-order valence-electron chi connectivity index (χ2n) is 4.00. The van der Waals surface area contributed by atoms with Crippen LogP contribution in [0.4, 0.5) is 5.69 Å². The van der Waals surface area contributed by atoms with Crippen LogP contribution in [0, 0.1) is 0 Å². The molecule has 0 atom stereocenters. The van der Waals surface area contributed by atoms with E-state index in [1.807, 2.05) is 0 Å². The summed E-state index contributed by atoms with van der Waals surface area (Å²) >= 11 is 3.39. The van der Waals surface area contributed by atoms with Crippen molar-refractivity contribution in [2.75, 3.05) is 12.4 Å². The summed E-state index contributed by atoms with van der Waals surface area (Å²) in [6.07, 6.45) is 0. The molecule has 19 heavy (non-hydrogen) atoms. The van der Waals surface area contributed by atoms with Crippen LogP contribution in [0.25, 0.3) is 11.0 Å². The summed E-state index contributed by atoms with van der Waals surface area (Å²) in [5, 5.41) is 3.24. The van der Waals surface area contributed by atoms with E-state index in [-0.39, 0.29) is 17.5 Å². The van der Waals surface area contributed by atoms with Crippen molar-refractivity contribution in [3.05, 3.63) is 22.4 Å². The van der Waals surface area contributed by atoms with Crippen LogP contribution >= 0.6 is 15.9 Å². The summed E-state index contributed by atoms with van der Waals surface area (Å²) < 4.78 is 11.5. The van der Waals surface area contributed by atoms with Gasteiger partial charge in [0.2, 0.25) is 5.91 Å². The predicted octanol–water partition coefficient (Wildman–Crippen LogP) is 3.36. The molecule has 2 aromatic rings. The number of benzene rings is 1. The first-order valence-electron chi connectivity index (χ1n) is 5.53. The number of carbonyl (C=O) groups excluding carboxylic acids is 2. The third kappa shape index (κ3) is 2.35. The van der Waals surface area contributed by atoms with Crippen LogP contribution in [0.3, 0.4) is 0 Å². The smallest absolute Gasteiger partial charge is 0.221 e. The minimum Gasteiger partial charge on any atom is -0.493 e. The molecule has 0 aliphatic heterocycles. The van der Waals surface area contributed by atoms with Crippen LogP contribution in [0.2, 0.25) is 0 Å². The summed E-state index contributed by atoms with van der Waals surface area (Å²) in [4.78, 5) is 22.9. The van der Waals surface area contributed by atoms with Gasteiger partial charge in [-0.25, -0.2) is 0 Å². The minimum absolute atomic E-state index is 0.107. The number of ketones is 1. The van der Waals surface area contributed by atoms with E-state index in [1.54, 1.807) is 12.1 Å². The van der Waals surface area contributed by atoms with Gasteiger partial charge in [-0.15, -0.1) is 0 Å². The third-order valence-corrected chi connectivity index (χ3v) is 3.25. The van der Waals surface area contributed by atoms with E-state index in [2.05, 4.69) is 21.2 Å². The number of halogens is 1. The molecule has 1 N–H and O–H groups in total. The number of amides is 1. The van der Waals surface area contributed by atoms with Gasteiger partial charge in [0.05, 0.1) is 12.5 Å². The molecule has 2 rings (SSSR count). The number of furan rings is 1. The Kier molecular flexibility index (Phi) is 3.61. The van der Waals surface area contributed by atoms with E-state index in [0.29, 0.717) is 26.9 Å². The second-order valence-corrected chi connectivity index (χ2v) is 4.85. The third-order valence-electron chi connectivity index (χ3n) is 2.59. The summed E-state index contributed by atoms with van der Waals surface area (Å²) in [5.41, 5.74) is 0.784. The Morgan fingerprint density at radius 3 is 2.53 bits per heavy atom. The Balaban J connectivity index is 2.84. The van der Waals surface area contributed by atoms with Crippen LogP contribution in [-0.2, 0) is 4.79 Å². The van der Waals surface area contributed by atoms with Crippen molar-refractivity contribution in [3.63, 3.8) is 0 Å². The zero-order valence-electron chi connectivity index (χ0n) is 10.7. The molecule has 6 heteroatoms. The van der Waals surface area contributed by atoms with Gasteiger partial charge in [0, 0.05) is 18.3 Å². The second kappa shape index (κ2) is 5.05. The van der Waals surface area contributed by atoms with Crippen LogP contribution in [0.1, 0.15) is 24.4 Å². The van der Waals surface area contributed by atoms with Crippen LogP contribution in [0.5, 0.6) is 5.75 Å². The monoisotopic (exact) mass is 325 g/mol. The van der Waals surface area contributed by atoms with Crippen molar-refractivity contribution in [2.24, 2.45) is 0 Å². The van der Waals surface area contributed by atoms with Gasteiger partial charge >= 0.3 is 0 Å². The van der Waals surface area contributed by atoms with Crippen molar-refractivity contribution in [1.29, 1.82) is 0 Å². The summed E-state index contributed by atoms with van der Waals surface area (Å²) in [7, 11) is 1.51. The molecule has 0 spiro atoms. The van der Waals surface area contributed by atoms with Crippen molar-refractivity contribution in [2.45, 2.75) is 13.8 Å². The van der Waals surface area contributed by atoms with Gasteiger partial charge < -0.3 is 14.5 Å². The first-order chi connectivity index (χ1) is 8.95. The quantitative estimate of drug-likeness (QED) is 0.878. The number of hydrogen-bond donors (Lipinski definition) is 1. The van der Waals surface area contributed by atoms with Gasteiger partial charge in [-0.2, -0.15) is 0 Å². The first-order valence-corrected chi connectivity index (χ1v) is 6.32. The molecule has 5 nitrogen and oxygen atoms in total. The normalized spacial score (nSPS) is 10.5. The molecule has 0 bridgehead atoms. The van der Waals surface area contributed by atoms with Gasteiger partial charge in [0.25, 0.3) is 0 Å². The summed E-state index contributed by atoms with van der Waals surface area (Å²) in [5.74, 6) is 0.0570. The van der Waals surface area contributed by atoms with E-state index >= 15 is 0 Å². The fourth-order valence-electron chi connectivity index (χ4n) is 1.84. The molecule has 0 saturated carbocycles.